The van der Waals surface area contributed by atoms with Crippen LogP contribution in [-0.2, 0) is 4.74 Å². The molecular formula is C10H18N4O. The number of hydrogen-bond acceptors (Lipinski definition) is 5. The van der Waals surface area contributed by atoms with Crippen molar-refractivity contribution in [2.75, 3.05) is 6.67 Å². The molecule has 0 fully saturated rings. The van der Waals surface area contributed by atoms with E-state index in [1.807, 2.05) is 6.92 Å². The summed E-state index contributed by atoms with van der Waals surface area (Å²) >= 11 is 0. The molecule has 2 heterocycles. The van der Waals surface area contributed by atoms with Crippen LogP contribution >= 0.6 is 0 Å². The lowest BCUT2D eigenvalue weighted by molar-refractivity contribution is 0.0121. The van der Waals surface area contributed by atoms with Gasteiger partial charge in [0, 0.05) is 12.3 Å². The highest BCUT2D eigenvalue weighted by molar-refractivity contribution is 5.90. The van der Waals surface area contributed by atoms with Gasteiger partial charge in [-0.1, -0.05) is 20.8 Å². The molecule has 2 rings (SSSR count). The van der Waals surface area contributed by atoms with Gasteiger partial charge < -0.3 is 15.4 Å². The van der Waals surface area contributed by atoms with Crippen molar-refractivity contribution in [3.63, 3.8) is 0 Å². The zero-order valence-electron chi connectivity index (χ0n) is 9.50. The lowest BCUT2D eigenvalue weighted by Gasteiger charge is -2.41. The highest BCUT2D eigenvalue weighted by atomic mass is 16.6. The van der Waals surface area contributed by atoms with Crippen LogP contribution in [0.1, 0.15) is 33.6 Å². The molecule has 0 aliphatic carbocycles. The second-order valence-corrected chi connectivity index (χ2v) is 3.97. The number of hydrogen-bond donors (Lipinski definition) is 2. The molecule has 0 saturated carbocycles. The third-order valence-corrected chi connectivity index (χ3v) is 2.90. The summed E-state index contributed by atoms with van der Waals surface area (Å²) in [7, 11) is 0. The van der Waals surface area contributed by atoms with Gasteiger partial charge in [-0.15, -0.1) is 0 Å². The molecule has 2 aliphatic rings. The van der Waals surface area contributed by atoms with E-state index in [0.717, 1.165) is 18.7 Å². The standard InChI is InChI=1S/C10H18N4O/c1-4-7(3)8-13-10(5-2,14-8)15-9-11-6-12-9/h7H,4-6H2,1-3H3,(H,11,12)(H,13,14). The minimum absolute atomic E-state index is 0.476. The van der Waals surface area contributed by atoms with E-state index in [1.54, 1.807) is 0 Å². The molecule has 15 heavy (non-hydrogen) atoms. The minimum Gasteiger partial charge on any atom is -0.417 e. The molecule has 2 N–H and O–H groups in total. The third-order valence-electron chi connectivity index (χ3n) is 2.90. The normalized spacial score (nSPS) is 29.8. The van der Waals surface area contributed by atoms with Gasteiger partial charge in [-0.25, -0.2) is 9.98 Å². The number of amidine groups is 2. The zero-order chi connectivity index (χ0) is 10.9. The topological polar surface area (TPSA) is 58.0 Å². The molecule has 2 atom stereocenters. The summed E-state index contributed by atoms with van der Waals surface area (Å²) in [6, 6.07) is 0.594. The number of nitrogens with zero attached hydrogens (tertiary/aromatic N) is 2. The Bertz CT molecular complexity index is 313. The molecule has 2 unspecified atom stereocenters. The van der Waals surface area contributed by atoms with Crippen molar-refractivity contribution in [1.29, 1.82) is 0 Å². The van der Waals surface area contributed by atoms with Crippen LogP contribution in [0.5, 0.6) is 0 Å². The molecule has 5 heteroatoms. The van der Waals surface area contributed by atoms with Crippen LogP contribution in [0.4, 0.5) is 0 Å². The van der Waals surface area contributed by atoms with Gasteiger partial charge in [0.25, 0.3) is 11.9 Å². The average molecular weight is 210 g/mol. The molecule has 0 bridgehead atoms. The van der Waals surface area contributed by atoms with Crippen molar-refractivity contribution >= 4 is 11.9 Å². The average Bonchev–Trinajstić information content (AvgIpc) is 2.13. The van der Waals surface area contributed by atoms with E-state index < -0.39 is 5.85 Å². The maximum absolute atomic E-state index is 5.62. The summed E-state index contributed by atoms with van der Waals surface area (Å²) in [4.78, 5) is 8.57. The second-order valence-electron chi connectivity index (χ2n) is 3.97. The summed E-state index contributed by atoms with van der Waals surface area (Å²) in [5.41, 5.74) is 0. The predicted molar refractivity (Wildman–Crippen MR) is 59.6 cm³/mol. The first kappa shape index (κ1) is 10.3. The number of aliphatic imine (C=N–C) groups is 2. The van der Waals surface area contributed by atoms with Crippen molar-refractivity contribution in [2.45, 2.75) is 39.5 Å². The fraction of sp³-hybridized carbons (Fsp3) is 0.800. The van der Waals surface area contributed by atoms with Gasteiger partial charge >= 0.3 is 0 Å². The Hall–Kier alpha value is -1.26. The Morgan fingerprint density at radius 2 is 2.20 bits per heavy atom. The summed E-state index contributed by atoms with van der Waals surface area (Å²) in [5.74, 6) is 0.953. The smallest absolute Gasteiger partial charge is 0.291 e. The first-order valence-electron chi connectivity index (χ1n) is 5.54. The molecule has 0 radical (unpaired) electrons. The van der Waals surface area contributed by atoms with Gasteiger partial charge in [-0.05, 0) is 6.42 Å². The molecule has 0 saturated heterocycles. The number of rotatable bonds is 4. The molecular weight excluding hydrogens is 192 g/mol. The monoisotopic (exact) mass is 210 g/mol. The lowest BCUT2D eigenvalue weighted by atomic mass is 10.0. The van der Waals surface area contributed by atoms with E-state index >= 15 is 0 Å². The van der Waals surface area contributed by atoms with Crippen LogP contribution in [0.15, 0.2) is 9.98 Å². The quantitative estimate of drug-likeness (QED) is 0.728. The third kappa shape index (κ3) is 1.78. The zero-order valence-corrected chi connectivity index (χ0v) is 9.50. The highest BCUT2D eigenvalue weighted by Crippen LogP contribution is 2.25. The van der Waals surface area contributed by atoms with Gasteiger partial charge in [-0.2, -0.15) is 0 Å². The van der Waals surface area contributed by atoms with Crippen LogP contribution in [-0.4, -0.2) is 24.4 Å². The van der Waals surface area contributed by atoms with Crippen LogP contribution in [0.3, 0.4) is 0 Å². The van der Waals surface area contributed by atoms with Gasteiger partial charge in [0.1, 0.15) is 12.5 Å². The number of nitrogens with one attached hydrogen (secondary N) is 2. The summed E-state index contributed by atoms with van der Waals surface area (Å²) in [6.45, 7) is 7.00. The lowest BCUT2D eigenvalue weighted by Crippen LogP contribution is -2.62. The Kier molecular flexibility index (Phi) is 2.54. The number of ether oxygens (including phenoxy) is 1. The fourth-order valence-electron chi connectivity index (χ4n) is 1.48. The van der Waals surface area contributed by atoms with Gasteiger partial charge in [0.2, 0.25) is 0 Å². The first-order valence-corrected chi connectivity index (χ1v) is 5.54. The Balaban J connectivity index is 1.98. The van der Waals surface area contributed by atoms with Crippen molar-refractivity contribution in [1.82, 2.24) is 10.6 Å². The van der Waals surface area contributed by atoms with Crippen LogP contribution in [0.2, 0.25) is 0 Å². The molecule has 84 valence electrons. The Labute approximate surface area is 90.0 Å². The van der Waals surface area contributed by atoms with Gasteiger partial charge in [0.05, 0.1) is 0 Å². The Morgan fingerprint density at radius 1 is 1.53 bits per heavy atom. The molecule has 2 aliphatic heterocycles. The van der Waals surface area contributed by atoms with E-state index in [1.165, 1.54) is 0 Å². The van der Waals surface area contributed by atoms with Crippen LogP contribution < -0.4 is 10.6 Å². The highest BCUT2D eigenvalue weighted by Gasteiger charge is 2.41. The molecule has 0 amide bonds. The molecule has 0 spiro atoms. The van der Waals surface area contributed by atoms with E-state index in [4.69, 9.17) is 4.74 Å². The maximum atomic E-state index is 5.62. The van der Waals surface area contributed by atoms with Crippen LogP contribution in [0.25, 0.3) is 0 Å². The molecule has 5 nitrogen and oxygen atoms in total. The second kappa shape index (κ2) is 3.72. The van der Waals surface area contributed by atoms with Crippen molar-refractivity contribution in [2.24, 2.45) is 15.9 Å². The summed E-state index contributed by atoms with van der Waals surface area (Å²) in [6.07, 6.45) is 1.89. The first-order chi connectivity index (χ1) is 7.19. The van der Waals surface area contributed by atoms with Crippen molar-refractivity contribution in [3.8, 4) is 0 Å². The molecule has 0 aromatic heterocycles. The largest absolute Gasteiger partial charge is 0.417 e. The summed E-state index contributed by atoms with van der Waals surface area (Å²) in [5, 5.41) is 6.28. The SMILES string of the molecule is CCC(C)C1=NC(CC)(OC2=NCN2)N1. The van der Waals surface area contributed by atoms with Gasteiger partial charge in [0.15, 0.2) is 0 Å². The Morgan fingerprint density at radius 3 is 2.60 bits per heavy atom. The summed E-state index contributed by atoms with van der Waals surface area (Å²) < 4.78 is 5.62. The molecule has 0 aromatic rings. The molecule has 0 aromatic carbocycles. The van der Waals surface area contributed by atoms with E-state index in [2.05, 4.69) is 34.5 Å². The predicted octanol–water partition coefficient (Wildman–Crippen LogP) is 1.03. The fourth-order valence-corrected chi connectivity index (χ4v) is 1.48. The van der Waals surface area contributed by atoms with E-state index in [0.29, 0.717) is 18.6 Å². The van der Waals surface area contributed by atoms with Crippen LogP contribution in [0, 0.1) is 5.92 Å². The van der Waals surface area contributed by atoms with Crippen molar-refractivity contribution < 1.29 is 4.74 Å². The van der Waals surface area contributed by atoms with E-state index in [-0.39, 0.29) is 0 Å². The minimum atomic E-state index is -0.564. The maximum Gasteiger partial charge on any atom is 0.291 e. The van der Waals surface area contributed by atoms with E-state index in [9.17, 15) is 0 Å². The van der Waals surface area contributed by atoms with Gasteiger partial charge in [-0.3, -0.25) is 0 Å². The van der Waals surface area contributed by atoms with Crippen molar-refractivity contribution in [3.05, 3.63) is 0 Å².